The molecule has 0 aromatic heterocycles. The van der Waals surface area contributed by atoms with Gasteiger partial charge in [-0.2, -0.15) is 0 Å². The molecule has 27 heavy (non-hydrogen) atoms. The lowest BCUT2D eigenvalue weighted by Crippen LogP contribution is -3.15. The van der Waals surface area contributed by atoms with E-state index in [1.807, 2.05) is 43.3 Å². The maximum atomic E-state index is 12.4. The third-order valence-corrected chi connectivity index (χ3v) is 5.41. The van der Waals surface area contributed by atoms with Crippen molar-refractivity contribution in [1.29, 1.82) is 0 Å². The van der Waals surface area contributed by atoms with E-state index in [4.69, 9.17) is 16.3 Å². The Balaban J connectivity index is 1.47. The molecule has 3 rings (SSSR count). The zero-order valence-electron chi connectivity index (χ0n) is 15.9. The van der Waals surface area contributed by atoms with Gasteiger partial charge in [-0.3, -0.25) is 4.79 Å². The maximum absolute atomic E-state index is 12.4. The van der Waals surface area contributed by atoms with Crippen molar-refractivity contribution in [2.24, 2.45) is 0 Å². The molecule has 1 amide bonds. The molecule has 5 nitrogen and oxygen atoms in total. The Morgan fingerprint density at radius 2 is 1.85 bits per heavy atom. The molecule has 1 saturated heterocycles. The number of methoxy groups -OCH3 is 1. The summed E-state index contributed by atoms with van der Waals surface area (Å²) in [5.74, 6) is 0.933. The number of rotatable bonds is 6. The van der Waals surface area contributed by atoms with Crippen molar-refractivity contribution >= 4 is 23.2 Å². The van der Waals surface area contributed by atoms with Crippen LogP contribution in [0.2, 0.25) is 5.02 Å². The van der Waals surface area contributed by atoms with Crippen LogP contribution in [0.1, 0.15) is 18.5 Å². The summed E-state index contributed by atoms with van der Waals surface area (Å²) in [6.45, 7) is 6.23. The third-order valence-electron chi connectivity index (χ3n) is 5.07. The molecule has 1 aliphatic rings. The SMILES string of the molecule is COc1ccc(N2CC[NH+](CC(=O)N[C@H](C)c3ccccc3Cl)CC2)cc1. The Bertz CT molecular complexity index is 758. The second-order valence-corrected chi connectivity index (χ2v) is 7.33. The molecule has 1 heterocycles. The van der Waals surface area contributed by atoms with Crippen LogP contribution in [0.3, 0.4) is 0 Å². The molecular weight excluding hydrogens is 362 g/mol. The molecule has 2 N–H and O–H groups in total. The monoisotopic (exact) mass is 388 g/mol. The van der Waals surface area contributed by atoms with Crippen molar-refractivity contribution < 1.29 is 14.4 Å². The van der Waals surface area contributed by atoms with Crippen molar-refractivity contribution in [1.82, 2.24) is 5.32 Å². The lowest BCUT2D eigenvalue weighted by molar-refractivity contribution is -0.892. The van der Waals surface area contributed by atoms with E-state index in [9.17, 15) is 4.79 Å². The second-order valence-electron chi connectivity index (χ2n) is 6.92. The summed E-state index contributed by atoms with van der Waals surface area (Å²) < 4.78 is 5.21. The first kappa shape index (κ1) is 19.5. The highest BCUT2D eigenvalue weighted by Crippen LogP contribution is 2.22. The predicted molar refractivity (Wildman–Crippen MR) is 109 cm³/mol. The van der Waals surface area contributed by atoms with E-state index in [0.29, 0.717) is 11.6 Å². The largest absolute Gasteiger partial charge is 0.497 e. The fourth-order valence-corrected chi connectivity index (χ4v) is 3.77. The van der Waals surface area contributed by atoms with E-state index >= 15 is 0 Å². The number of halogens is 1. The first-order valence-electron chi connectivity index (χ1n) is 9.33. The molecule has 0 aliphatic carbocycles. The lowest BCUT2D eigenvalue weighted by atomic mass is 10.1. The van der Waals surface area contributed by atoms with Gasteiger partial charge in [0.25, 0.3) is 5.91 Å². The number of carbonyl (C=O) groups excluding carboxylic acids is 1. The predicted octanol–water partition coefficient (Wildman–Crippen LogP) is 1.93. The summed E-state index contributed by atoms with van der Waals surface area (Å²) in [6, 6.07) is 15.7. The average molecular weight is 389 g/mol. The van der Waals surface area contributed by atoms with Gasteiger partial charge in [0.15, 0.2) is 6.54 Å². The molecule has 144 valence electrons. The number of hydrogen-bond donors (Lipinski definition) is 2. The van der Waals surface area contributed by atoms with Gasteiger partial charge in [-0.1, -0.05) is 29.8 Å². The smallest absolute Gasteiger partial charge is 0.275 e. The molecule has 1 atom stereocenters. The van der Waals surface area contributed by atoms with Crippen LogP contribution in [0.4, 0.5) is 5.69 Å². The Kier molecular flexibility index (Phi) is 6.58. The zero-order valence-corrected chi connectivity index (χ0v) is 16.6. The summed E-state index contributed by atoms with van der Waals surface area (Å²) in [4.78, 5) is 16.1. The number of quaternary nitrogens is 1. The highest BCUT2D eigenvalue weighted by Gasteiger charge is 2.23. The van der Waals surface area contributed by atoms with Crippen LogP contribution >= 0.6 is 11.6 Å². The molecule has 2 aromatic rings. The van der Waals surface area contributed by atoms with Crippen molar-refractivity contribution in [3.63, 3.8) is 0 Å². The number of amides is 1. The van der Waals surface area contributed by atoms with E-state index in [1.165, 1.54) is 10.6 Å². The zero-order chi connectivity index (χ0) is 19.2. The highest BCUT2D eigenvalue weighted by atomic mass is 35.5. The minimum atomic E-state index is -0.0915. The minimum Gasteiger partial charge on any atom is -0.497 e. The average Bonchev–Trinajstić information content (AvgIpc) is 2.69. The summed E-state index contributed by atoms with van der Waals surface area (Å²) in [5, 5.41) is 3.75. The lowest BCUT2D eigenvalue weighted by Gasteiger charge is -2.33. The molecule has 0 unspecified atom stereocenters. The van der Waals surface area contributed by atoms with Crippen LogP contribution in [0, 0.1) is 0 Å². The van der Waals surface area contributed by atoms with E-state index in [0.717, 1.165) is 37.5 Å². The van der Waals surface area contributed by atoms with Crippen LogP contribution < -0.4 is 19.9 Å². The quantitative estimate of drug-likeness (QED) is 0.795. The minimum absolute atomic E-state index is 0.0651. The number of carbonyl (C=O) groups is 1. The summed E-state index contributed by atoms with van der Waals surface area (Å²) in [7, 11) is 1.68. The molecule has 0 spiro atoms. The van der Waals surface area contributed by atoms with Crippen molar-refractivity contribution in [2.45, 2.75) is 13.0 Å². The topological polar surface area (TPSA) is 46.0 Å². The van der Waals surface area contributed by atoms with Crippen LogP contribution in [0.15, 0.2) is 48.5 Å². The van der Waals surface area contributed by atoms with E-state index < -0.39 is 0 Å². The second kappa shape index (κ2) is 9.11. The van der Waals surface area contributed by atoms with Gasteiger partial charge in [-0.05, 0) is 42.8 Å². The molecule has 0 radical (unpaired) electrons. The van der Waals surface area contributed by atoms with Crippen LogP contribution in [0.25, 0.3) is 0 Å². The summed E-state index contributed by atoms with van der Waals surface area (Å²) >= 11 is 6.22. The molecule has 2 aromatic carbocycles. The molecule has 0 saturated carbocycles. The van der Waals surface area contributed by atoms with Gasteiger partial charge in [-0.15, -0.1) is 0 Å². The number of nitrogens with one attached hydrogen (secondary N) is 2. The first-order chi connectivity index (χ1) is 13.1. The molecule has 1 aliphatic heterocycles. The Hall–Kier alpha value is -2.24. The Morgan fingerprint density at radius 1 is 1.19 bits per heavy atom. The highest BCUT2D eigenvalue weighted by molar-refractivity contribution is 6.31. The van der Waals surface area contributed by atoms with Crippen molar-refractivity contribution in [3.05, 3.63) is 59.1 Å². The van der Waals surface area contributed by atoms with E-state index in [-0.39, 0.29) is 11.9 Å². The molecule has 6 heteroatoms. The number of anilines is 1. The van der Waals surface area contributed by atoms with E-state index in [2.05, 4.69) is 22.3 Å². The third kappa shape index (κ3) is 5.15. The van der Waals surface area contributed by atoms with Gasteiger partial charge >= 0.3 is 0 Å². The maximum Gasteiger partial charge on any atom is 0.275 e. The van der Waals surface area contributed by atoms with E-state index in [1.54, 1.807) is 7.11 Å². The number of ether oxygens (including phenoxy) is 1. The number of benzene rings is 2. The van der Waals surface area contributed by atoms with Gasteiger partial charge in [0, 0.05) is 10.7 Å². The van der Waals surface area contributed by atoms with Crippen molar-refractivity contribution in [3.8, 4) is 5.75 Å². The summed E-state index contributed by atoms with van der Waals surface area (Å²) in [6.07, 6.45) is 0. The fourth-order valence-electron chi connectivity index (χ4n) is 3.47. The fraction of sp³-hybridized carbons (Fsp3) is 0.381. The van der Waals surface area contributed by atoms with Gasteiger partial charge in [0.2, 0.25) is 0 Å². The van der Waals surface area contributed by atoms with Gasteiger partial charge < -0.3 is 19.9 Å². The first-order valence-corrected chi connectivity index (χ1v) is 9.71. The molecular formula is C21H27ClN3O2+. The molecule has 1 fully saturated rings. The molecule has 0 bridgehead atoms. The standard InChI is InChI=1S/C21H26ClN3O2/c1-16(19-5-3-4-6-20(19)22)23-21(26)15-24-11-13-25(14-12-24)17-7-9-18(27-2)10-8-17/h3-10,16H,11-15H2,1-2H3,(H,23,26)/p+1/t16-/m1/s1. The number of hydrogen-bond acceptors (Lipinski definition) is 3. The number of piperazine rings is 1. The van der Waals surface area contributed by atoms with Gasteiger partial charge in [0.05, 0.1) is 39.3 Å². The number of nitrogens with zero attached hydrogens (tertiary/aromatic N) is 1. The normalized spacial score (nSPS) is 16.0. The van der Waals surface area contributed by atoms with Crippen LogP contribution in [-0.4, -0.2) is 45.7 Å². The Morgan fingerprint density at radius 3 is 2.48 bits per heavy atom. The van der Waals surface area contributed by atoms with Crippen molar-refractivity contribution in [2.75, 3.05) is 44.7 Å². The van der Waals surface area contributed by atoms with Gasteiger partial charge in [-0.25, -0.2) is 0 Å². The Labute approximate surface area is 165 Å². The van der Waals surface area contributed by atoms with Crippen LogP contribution in [-0.2, 0) is 4.79 Å². The summed E-state index contributed by atoms with van der Waals surface area (Å²) in [5.41, 5.74) is 2.15. The van der Waals surface area contributed by atoms with Gasteiger partial charge in [0.1, 0.15) is 5.75 Å². The van der Waals surface area contributed by atoms with Crippen LogP contribution in [0.5, 0.6) is 5.75 Å².